The number of carbonyl (C=O) groups is 1. The van der Waals surface area contributed by atoms with Crippen LogP contribution in [0.15, 0.2) is 0 Å². The molecule has 1 aliphatic carbocycles. The molecule has 0 aromatic heterocycles. The molecule has 0 heterocycles. The lowest BCUT2D eigenvalue weighted by Gasteiger charge is -2.55. The lowest BCUT2D eigenvalue weighted by atomic mass is 9.58. The number of hydrogen-bond donors (Lipinski definition) is 2. The largest absolute Gasteiger partial charge is 0.378 e. The lowest BCUT2D eigenvalue weighted by Crippen LogP contribution is -2.64. The summed E-state index contributed by atoms with van der Waals surface area (Å²) < 4.78 is 5.81. The molecule has 1 aliphatic rings. The molecule has 19 heavy (non-hydrogen) atoms. The summed E-state index contributed by atoms with van der Waals surface area (Å²) in [4.78, 5) is 11.9. The van der Waals surface area contributed by atoms with Crippen molar-refractivity contribution in [3.63, 3.8) is 0 Å². The van der Waals surface area contributed by atoms with Gasteiger partial charge in [-0.1, -0.05) is 13.8 Å². The van der Waals surface area contributed by atoms with Gasteiger partial charge in [-0.15, -0.1) is 0 Å². The van der Waals surface area contributed by atoms with Gasteiger partial charge in [0.25, 0.3) is 0 Å². The first kappa shape index (κ1) is 16.4. The molecule has 1 rings (SSSR count). The molecular formula is C15H30N2O2. The summed E-state index contributed by atoms with van der Waals surface area (Å²) in [6, 6.07) is 0.352. The quantitative estimate of drug-likeness (QED) is 0.711. The minimum absolute atomic E-state index is 0.0884. The van der Waals surface area contributed by atoms with Crippen LogP contribution in [0, 0.1) is 5.41 Å². The second kappa shape index (κ2) is 7.25. The first-order valence-electron chi connectivity index (χ1n) is 7.66. The van der Waals surface area contributed by atoms with Crippen LogP contribution in [0.5, 0.6) is 0 Å². The number of nitrogens with two attached hydrogens (primary N) is 1. The van der Waals surface area contributed by atoms with Crippen LogP contribution in [0.1, 0.15) is 59.8 Å². The van der Waals surface area contributed by atoms with Gasteiger partial charge in [-0.05, 0) is 39.5 Å². The summed E-state index contributed by atoms with van der Waals surface area (Å²) in [6.07, 6.45) is 4.61. The molecule has 0 aliphatic heterocycles. The van der Waals surface area contributed by atoms with Gasteiger partial charge < -0.3 is 15.8 Å². The molecule has 3 unspecified atom stereocenters. The Hall–Kier alpha value is -0.610. The Morgan fingerprint density at radius 2 is 2.05 bits per heavy atom. The smallest absolute Gasteiger partial charge is 0.220 e. The Morgan fingerprint density at radius 3 is 2.53 bits per heavy atom. The molecule has 0 aromatic carbocycles. The molecule has 4 heteroatoms. The minimum atomic E-state index is 0.0884. The van der Waals surface area contributed by atoms with E-state index in [1.165, 1.54) is 0 Å². The summed E-state index contributed by atoms with van der Waals surface area (Å²) >= 11 is 0. The molecule has 4 nitrogen and oxygen atoms in total. The van der Waals surface area contributed by atoms with E-state index in [-0.39, 0.29) is 23.4 Å². The molecule has 0 spiro atoms. The standard InChI is InChI=1S/C15H30N2O2/c1-5-15(6-2)12(10-13(15)19-7-3)17-14(18)9-8-11(4)16/h11-13H,5-10,16H2,1-4H3,(H,17,18). The van der Waals surface area contributed by atoms with Gasteiger partial charge in [0.15, 0.2) is 0 Å². The number of hydrogen-bond acceptors (Lipinski definition) is 3. The molecule has 3 N–H and O–H groups in total. The Bertz CT molecular complexity index is 288. The molecule has 1 saturated carbocycles. The Balaban J connectivity index is 2.52. The number of amides is 1. The van der Waals surface area contributed by atoms with Crippen molar-refractivity contribution in [1.29, 1.82) is 0 Å². The van der Waals surface area contributed by atoms with Crippen molar-refractivity contribution in [3.8, 4) is 0 Å². The summed E-state index contributed by atoms with van der Waals surface area (Å²) in [6.45, 7) is 9.10. The highest BCUT2D eigenvalue weighted by atomic mass is 16.5. The second-order valence-corrected chi connectivity index (χ2v) is 5.76. The van der Waals surface area contributed by atoms with E-state index >= 15 is 0 Å². The van der Waals surface area contributed by atoms with Crippen LogP contribution in [0.2, 0.25) is 0 Å². The number of carbonyl (C=O) groups excluding carboxylic acids is 1. The average molecular weight is 270 g/mol. The summed E-state index contributed by atoms with van der Waals surface area (Å²) in [7, 11) is 0. The van der Waals surface area contributed by atoms with Crippen molar-refractivity contribution >= 4 is 5.91 Å². The Kier molecular flexibility index (Phi) is 6.27. The van der Waals surface area contributed by atoms with Gasteiger partial charge in [-0.2, -0.15) is 0 Å². The highest BCUT2D eigenvalue weighted by molar-refractivity contribution is 5.76. The lowest BCUT2D eigenvalue weighted by molar-refractivity contribution is -0.148. The van der Waals surface area contributed by atoms with Crippen LogP contribution in [-0.2, 0) is 9.53 Å². The minimum Gasteiger partial charge on any atom is -0.378 e. The van der Waals surface area contributed by atoms with E-state index in [1.807, 2.05) is 13.8 Å². The van der Waals surface area contributed by atoms with Crippen LogP contribution in [0.3, 0.4) is 0 Å². The van der Waals surface area contributed by atoms with Crippen molar-refractivity contribution in [1.82, 2.24) is 5.32 Å². The third-order valence-electron chi connectivity index (χ3n) is 4.63. The zero-order chi connectivity index (χ0) is 14.5. The van der Waals surface area contributed by atoms with E-state index in [9.17, 15) is 4.79 Å². The fourth-order valence-electron chi connectivity index (χ4n) is 3.21. The van der Waals surface area contributed by atoms with Gasteiger partial charge in [-0.3, -0.25) is 4.79 Å². The third-order valence-corrected chi connectivity index (χ3v) is 4.63. The fourth-order valence-corrected chi connectivity index (χ4v) is 3.21. The molecule has 112 valence electrons. The second-order valence-electron chi connectivity index (χ2n) is 5.76. The van der Waals surface area contributed by atoms with Gasteiger partial charge in [0.05, 0.1) is 6.10 Å². The van der Waals surface area contributed by atoms with E-state index in [4.69, 9.17) is 10.5 Å². The van der Waals surface area contributed by atoms with Gasteiger partial charge in [-0.25, -0.2) is 0 Å². The van der Waals surface area contributed by atoms with E-state index in [1.54, 1.807) is 0 Å². The number of ether oxygens (including phenoxy) is 1. The molecule has 0 aromatic rings. The maximum absolute atomic E-state index is 11.9. The van der Waals surface area contributed by atoms with Crippen LogP contribution >= 0.6 is 0 Å². The normalized spacial score (nSPS) is 26.6. The topological polar surface area (TPSA) is 64.3 Å². The van der Waals surface area contributed by atoms with Crippen LogP contribution in [0.4, 0.5) is 0 Å². The van der Waals surface area contributed by atoms with Crippen LogP contribution < -0.4 is 11.1 Å². The highest BCUT2D eigenvalue weighted by Gasteiger charge is 2.53. The summed E-state index contributed by atoms with van der Waals surface area (Å²) in [5.41, 5.74) is 5.81. The third kappa shape index (κ3) is 3.69. The first-order chi connectivity index (χ1) is 9.00. The van der Waals surface area contributed by atoms with E-state index in [0.717, 1.165) is 32.3 Å². The van der Waals surface area contributed by atoms with Gasteiger partial charge >= 0.3 is 0 Å². The Labute approximate surface area is 117 Å². The average Bonchev–Trinajstić information content (AvgIpc) is 2.36. The van der Waals surface area contributed by atoms with Crippen molar-refractivity contribution in [2.24, 2.45) is 11.1 Å². The van der Waals surface area contributed by atoms with Gasteiger partial charge in [0.2, 0.25) is 5.91 Å². The van der Waals surface area contributed by atoms with Crippen molar-refractivity contribution in [2.45, 2.75) is 78.0 Å². The molecule has 3 atom stereocenters. The predicted molar refractivity (Wildman–Crippen MR) is 77.9 cm³/mol. The van der Waals surface area contributed by atoms with Gasteiger partial charge in [0.1, 0.15) is 0 Å². The van der Waals surface area contributed by atoms with E-state index in [2.05, 4.69) is 19.2 Å². The van der Waals surface area contributed by atoms with E-state index in [0.29, 0.717) is 12.5 Å². The van der Waals surface area contributed by atoms with Crippen molar-refractivity contribution < 1.29 is 9.53 Å². The molecule has 1 amide bonds. The number of rotatable bonds is 8. The Morgan fingerprint density at radius 1 is 1.42 bits per heavy atom. The van der Waals surface area contributed by atoms with Gasteiger partial charge in [0, 0.05) is 30.5 Å². The monoisotopic (exact) mass is 270 g/mol. The maximum Gasteiger partial charge on any atom is 0.220 e. The summed E-state index contributed by atoms with van der Waals surface area (Å²) in [5.74, 6) is 0.128. The zero-order valence-corrected chi connectivity index (χ0v) is 12.9. The SMILES string of the molecule is CCOC1CC(NC(=O)CCC(C)N)C1(CC)CC. The molecule has 0 radical (unpaired) electrons. The molecule has 0 saturated heterocycles. The van der Waals surface area contributed by atoms with Crippen LogP contribution in [-0.4, -0.2) is 30.7 Å². The summed E-state index contributed by atoms with van der Waals surface area (Å²) in [5, 5.41) is 3.18. The molecule has 1 fully saturated rings. The first-order valence-corrected chi connectivity index (χ1v) is 7.66. The molecular weight excluding hydrogens is 240 g/mol. The highest BCUT2D eigenvalue weighted by Crippen LogP contribution is 2.48. The van der Waals surface area contributed by atoms with Crippen LogP contribution in [0.25, 0.3) is 0 Å². The predicted octanol–water partition coefficient (Wildman–Crippen LogP) is 2.21. The maximum atomic E-state index is 11.9. The molecule has 0 bridgehead atoms. The van der Waals surface area contributed by atoms with E-state index < -0.39 is 0 Å². The fraction of sp³-hybridized carbons (Fsp3) is 0.933. The van der Waals surface area contributed by atoms with Crippen molar-refractivity contribution in [3.05, 3.63) is 0 Å². The number of nitrogens with one attached hydrogen (secondary N) is 1. The van der Waals surface area contributed by atoms with Crippen molar-refractivity contribution in [2.75, 3.05) is 6.61 Å². The zero-order valence-electron chi connectivity index (χ0n) is 12.9.